The van der Waals surface area contributed by atoms with Gasteiger partial charge in [-0.25, -0.2) is 14.8 Å². The Morgan fingerprint density at radius 2 is 1.96 bits per heavy atom. The third-order valence-corrected chi connectivity index (χ3v) is 3.97. The van der Waals surface area contributed by atoms with E-state index in [9.17, 15) is 4.79 Å². The van der Waals surface area contributed by atoms with E-state index in [2.05, 4.69) is 15.3 Å². The highest BCUT2D eigenvalue weighted by Crippen LogP contribution is 2.24. The van der Waals surface area contributed by atoms with Crippen LogP contribution >= 0.6 is 11.6 Å². The Labute approximate surface area is 146 Å². The van der Waals surface area contributed by atoms with E-state index in [4.69, 9.17) is 16.3 Å². The van der Waals surface area contributed by atoms with Crippen LogP contribution in [0.4, 0.5) is 10.6 Å². The number of anilines is 1. The summed E-state index contributed by atoms with van der Waals surface area (Å²) in [7, 11) is 0. The first-order valence-corrected chi connectivity index (χ1v) is 8.36. The number of carbonyl (C=O) groups is 1. The van der Waals surface area contributed by atoms with E-state index < -0.39 is 5.60 Å². The van der Waals surface area contributed by atoms with Crippen molar-refractivity contribution in [3.05, 3.63) is 29.4 Å². The average Bonchev–Trinajstić information content (AvgIpc) is 2.95. The van der Waals surface area contributed by atoms with Crippen LogP contribution in [0.1, 0.15) is 27.2 Å². The van der Waals surface area contributed by atoms with Crippen molar-refractivity contribution in [1.82, 2.24) is 14.9 Å². The Hall–Kier alpha value is -2.08. The quantitative estimate of drug-likeness (QED) is 0.896. The first kappa shape index (κ1) is 16.8. The minimum absolute atomic E-state index is 0.0745. The monoisotopic (exact) mass is 348 g/mol. The number of fused-ring (bicyclic) bond motifs is 1. The van der Waals surface area contributed by atoms with Gasteiger partial charge in [0.25, 0.3) is 0 Å². The number of carbonyl (C=O) groups excluding carboxylic acids is 1. The van der Waals surface area contributed by atoms with E-state index in [0.717, 1.165) is 17.5 Å². The molecule has 6 nitrogen and oxygen atoms in total. The zero-order valence-electron chi connectivity index (χ0n) is 14.0. The smallest absolute Gasteiger partial charge is 0.410 e. The maximum Gasteiger partial charge on any atom is 0.410 e. The van der Waals surface area contributed by atoms with Crippen molar-refractivity contribution >= 4 is 34.5 Å². The Morgan fingerprint density at radius 1 is 1.29 bits per heavy atom. The van der Waals surface area contributed by atoms with Gasteiger partial charge >= 0.3 is 6.09 Å². The van der Waals surface area contributed by atoms with Crippen LogP contribution in [0.3, 0.4) is 0 Å². The summed E-state index contributed by atoms with van der Waals surface area (Å²) >= 11 is 6.23. The molecule has 2 aromatic rings. The lowest BCUT2D eigenvalue weighted by Gasteiger charge is -2.24. The van der Waals surface area contributed by atoms with E-state index in [-0.39, 0.29) is 12.1 Å². The number of aromatic nitrogens is 2. The fraction of sp³-hybridized carbons (Fsp3) is 0.471. The molecule has 1 aromatic carbocycles. The second-order valence-corrected chi connectivity index (χ2v) is 7.27. The van der Waals surface area contributed by atoms with Gasteiger partial charge in [0.1, 0.15) is 5.60 Å². The van der Waals surface area contributed by atoms with Crippen LogP contribution in [-0.4, -0.2) is 45.7 Å². The van der Waals surface area contributed by atoms with Crippen molar-refractivity contribution in [2.24, 2.45) is 0 Å². The molecular formula is C17H21ClN4O2. The third kappa shape index (κ3) is 3.87. The molecule has 1 aliphatic heterocycles. The molecule has 128 valence electrons. The SMILES string of the molecule is CC(C)(C)OC(=O)N1CCC(Nc2nc3ccccc3nc2Cl)C1. The number of rotatable bonds is 2. The highest BCUT2D eigenvalue weighted by Gasteiger charge is 2.30. The molecule has 1 atom stereocenters. The zero-order chi connectivity index (χ0) is 17.3. The third-order valence-electron chi connectivity index (χ3n) is 3.71. The molecule has 3 rings (SSSR count). The summed E-state index contributed by atoms with van der Waals surface area (Å²) in [4.78, 5) is 22.7. The van der Waals surface area contributed by atoms with Crippen LogP contribution in [0.2, 0.25) is 5.15 Å². The van der Waals surface area contributed by atoms with E-state index in [1.807, 2.05) is 45.0 Å². The van der Waals surface area contributed by atoms with Gasteiger partial charge in [-0.15, -0.1) is 0 Å². The number of hydrogen-bond acceptors (Lipinski definition) is 5. The summed E-state index contributed by atoms with van der Waals surface area (Å²) in [6.07, 6.45) is 0.520. The molecule has 0 spiro atoms. The number of benzene rings is 1. The zero-order valence-corrected chi connectivity index (χ0v) is 14.8. The highest BCUT2D eigenvalue weighted by atomic mass is 35.5. The summed E-state index contributed by atoms with van der Waals surface area (Å²) < 4.78 is 5.41. The molecule has 1 saturated heterocycles. The van der Waals surface area contributed by atoms with Crippen molar-refractivity contribution in [3.63, 3.8) is 0 Å². The van der Waals surface area contributed by atoms with Gasteiger partial charge in [0, 0.05) is 19.1 Å². The Morgan fingerprint density at radius 3 is 2.62 bits per heavy atom. The Kier molecular flexibility index (Phi) is 4.49. The summed E-state index contributed by atoms with van der Waals surface area (Å²) in [6, 6.07) is 7.65. The number of nitrogens with zero attached hydrogens (tertiary/aromatic N) is 3. The molecule has 1 N–H and O–H groups in total. The van der Waals surface area contributed by atoms with Gasteiger partial charge in [-0.05, 0) is 39.3 Å². The standard InChI is InChI=1S/C17H21ClN4O2/c1-17(2,3)24-16(23)22-9-8-11(10-22)19-15-14(18)20-12-6-4-5-7-13(12)21-15/h4-7,11H,8-10H2,1-3H3,(H,19,21). The van der Waals surface area contributed by atoms with Crippen LogP contribution in [0.15, 0.2) is 24.3 Å². The lowest BCUT2D eigenvalue weighted by atomic mass is 10.2. The number of nitrogens with one attached hydrogen (secondary N) is 1. The Bertz CT molecular complexity index is 760. The van der Waals surface area contributed by atoms with Crippen LogP contribution in [0.5, 0.6) is 0 Å². The molecule has 1 amide bonds. The first-order valence-electron chi connectivity index (χ1n) is 7.98. The first-order chi connectivity index (χ1) is 11.3. The predicted molar refractivity (Wildman–Crippen MR) is 94.4 cm³/mol. The molecule has 0 saturated carbocycles. The average molecular weight is 349 g/mol. The number of likely N-dealkylation sites (tertiary alicyclic amines) is 1. The molecule has 1 aliphatic rings. The van der Waals surface area contributed by atoms with E-state index >= 15 is 0 Å². The number of ether oxygens (including phenoxy) is 1. The van der Waals surface area contributed by atoms with Crippen molar-refractivity contribution in [2.75, 3.05) is 18.4 Å². The summed E-state index contributed by atoms with van der Waals surface area (Å²) in [6.45, 7) is 6.79. The van der Waals surface area contributed by atoms with Gasteiger partial charge in [0.15, 0.2) is 11.0 Å². The van der Waals surface area contributed by atoms with E-state index in [1.54, 1.807) is 4.90 Å². The Balaban J connectivity index is 1.67. The molecule has 1 fully saturated rings. The summed E-state index contributed by atoms with van der Waals surface area (Å²) in [5.41, 5.74) is 1.05. The van der Waals surface area contributed by atoms with Gasteiger partial charge in [-0.2, -0.15) is 0 Å². The van der Waals surface area contributed by atoms with Gasteiger partial charge in [-0.3, -0.25) is 0 Å². The van der Waals surface area contributed by atoms with Gasteiger partial charge in [0.05, 0.1) is 11.0 Å². The topological polar surface area (TPSA) is 67.3 Å². The van der Waals surface area contributed by atoms with Gasteiger partial charge < -0.3 is 15.0 Å². The number of amides is 1. The van der Waals surface area contributed by atoms with Crippen LogP contribution < -0.4 is 5.32 Å². The molecule has 0 radical (unpaired) electrons. The maximum absolute atomic E-state index is 12.1. The van der Waals surface area contributed by atoms with Gasteiger partial charge in [0.2, 0.25) is 0 Å². The lowest BCUT2D eigenvalue weighted by molar-refractivity contribution is 0.0293. The normalized spacial score (nSPS) is 18.0. The van der Waals surface area contributed by atoms with Crippen LogP contribution in [0, 0.1) is 0 Å². The predicted octanol–water partition coefficient (Wildman–Crippen LogP) is 3.70. The lowest BCUT2D eigenvalue weighted by Crippen LogP contribution is -2.36. The van der Waals surface area contributed by atoms with E-state index in [1.165, 1.54) is 0 Å². The fourth-order valence-corrected chi connectivity index (χ4v) is 2.82. The second kappa shape index (κ2) is 6.43. The number of para-hydroxylation sites is 2. The largest absolute Gasteiger partial charge is 0.444 e. The molecule has 2 heterocycles. The molecule has 1 aromatic heterocycles. The maximum atomic E-state index is 12.1. The number of hydrogen-bond donors (Lipinski definition) is 1. The molecule has 0 bridgehead atoms. The van der Waals surface area contributed by atoms with Crippen LogP contribution in [0.25, 0.3) is 11.0 Å². The molecule has 0 aliphatic carbocycles. The highest BCUT2D eigenvalue weighted by molar-refractivity contribution is 6.32. The van der Waals surface area contributed by atoms with Crippen LogP contribution in [-0.2, 0) is 4.74 Å². The second-order valence-electron chi connectivity index (χ2n) is 6.91. The van der Waals surface area contributed by atoms with Crippen molar-refractivity contribution in [2.45, 2.75) is 38.8 Å². The molecule has 24 heavy (non-hydrogen) atoms. The summed E-state index contributed by atoms with van der Waals surface area (Å²) in [5.74, 6) is 0.548. The number of halogens is 1. The van der Waals surface area contributed by atoms with Gasteiger partial charge in [-0.1, -0.05) is 23.7 Å². The van der Waals surface area contributed by atoms with E-state index in [0.29, 0.717) is 24.1 Å². The van der Waals surface area contributed by atoms with Crippen molar-refractivity contribution in [3.8, 4) is 0 Å². The molecular weight excluding hydrogens is 328 g/mol. The summed E-state index contributed by atoms with van der Waals surface area (Å²) in [5, 5.41) is 3.63. The van der Waals surface area contributed by atoms with Crippen molar-refractivity contribution in [1.29, 1.82) is 0 Å². The molecule has 7 heteroatoms. The van der Waals surface area contributed by atoms with Crippen molar-refractivity contribution < 1.29 is 9.53 Å². The fourth-order valence-electron chi connectivity index (χ4n) is 2.63. The minimum Gasteiger partial charge on any atom is -0.444 e. The minimum atomic E-state index is -0.490. The molecule has 1 unspecified atom stereocenters.